The second-order valence-corrected chi connectivity index (χ2v) is 6.42. The standard InChI is InChI=1S/C22H20N4S/c23-13-7-15-26(17-18-8-6-14-24-16-18)22(27)25-21-12-5-4-11-20(21)19-9-2-1-3-10-19/h1-6,8-12,14,16H,7,15,17H2,(H,25,27). The molecule has 0 bridgehead atoms. The summed E-state index contributed by atoms with van der Waals surface area (Å²) in [6.45, 7) is 1.17. The summed E-state index contributed by atoms with van der Waals surface area (Å²) in [6, 6.07) is 24.4. The van der Waals surface area contributed by atoms with Gasteiger partial charge < -0.3 is 10.2 Å². The van der Waals surface area contributed by atoms with Crippen LogP contribution in [0.15, 0.2) is 79.1 Å². The van der Waals surface area contributed by atoms with Crippen molar-refractivity contribution in [2.24, 2.45) is 0 Å². The Balaban J connectivity index is 1.81. The van der Waals surface area contributed by atoms with Gasteiger partial charge in [-0.15, -0.1) is 0 Å². The number of para-hydroxylation sites is 1. The second kappa shape index (κ2) is 9.46. The third kappa shape index (κ3) is 5.13. The zero-order chi connectivity index (χ0) is 18.9. The average Bonchev–Trinajstić information content (AvgIpc) is 2.73. The zero-order valence-electron chi connectivity index (χ0n) is 14.9. The minimum Gasteiger partial charge on any atom is -0.344 e. The minimum absolute atomic E-state index is 0.405. The third-order valence-electron chi connectivity index (χ3n) is 4.13. The van der Waals surface area contributed by atoms with Gasteiger partial charge in [-0.3, -0.25) is 4.98 Å². The molecule has 1 heterocycles. The largest absolute Gasteiger partial charge is 0.344 e. The summed E-state index contributed by atoms with van der Waals surface area (Å²) >= 11 is 5.66. The zero-order valence-corrected chi connectivity index (χ0v) is 15.7. The maximum atomic E-state index is 8.99. The van der Waals surface area contributed by atoms with Crippen LogP contribution in [0.5, 0.6) is 0 Å². The fraction of sp³-hybridized carbons (Fsp3) is 0.136. The summed E-state index contributed by atoms with van der Waals surface area (Å²) in [5, 5.41) is 13.0. The van der Waals surface area contributed by atoms with Crippen molar-refractivity contribution in [1.29, 1.82) is 5.26 Å². The molecular formula is C22H20N4S. The van der Waals surface area contributed by atoms with Gasteiger partial charge in [-0.2, -0.15) is 5.26 Å². The molecule has 4 nitrogen and oxygen atoms in total. The Kier molecular flexibility index (Phi) is 6.50. The molecule has 0 atom stereocenters. The Morgan fingerprint density at radius 1 is 1.04 bits per heavy atom. The highest BCUT2D eigenvalue weighted by Crippen LogP contribution is 2.27. The Morgan fingerprint density at radius 3 is 2.56 bits per heavy atom. The van der Waals surface area contributed by atoms with Gasteiger partial charge in [0.25, 0.3) is 0 Å². The van der Waals surface area contributed by atoms with Crippen LogP contribution >= 0.6 is 12.2 Å². The fourth-order valence-corrected chi connectivity index (χ4v) is 3.07. The van der Waals surface area contributed by atoms with Gasteiger partial charge >= 0.3 is 0 Å². The lowest BCUT2D eigenvalue weighted by atomic mass is 10.0. The first-order valence-corrected chi connectivity index (χ1v) is 9.15. The lowest BCUT2D eigenvalue weighted by Gasteiger charge is -2.26. The number of hydrogen-bond acceptors (Lipinski definition) is 3. The topological polar surface area (TPSA) is 52.0 Å². The maximum Gasteiger partial charge on any atom is 0.173 e. The maximum absolute atomic E-state index is 8.99. The van der Waals surface area contributed by atoms with E-state index in [1.54, 1.807) is 6.20 Å². The van der Waals surface area contributed by atoms with Gasteiger partial charge in [0.2, 0.25) is 0 Å². The molecule has 0 saturated carbocycles. The van der Waals surface area contributed by atoms with Crippen molar-refractivity contribution in [1.82, 2.24) is 9.88 Å². The van der Waals surface area contributed by atoms with Gasteiger partial charge in [-0.1, -0.05) is 54.6 Å². The predicted molar refractivity (Wildman–Crippen MR) is 113 cm³/mol. The number of pyridine rings is 1. The summed E-state index contributed by atoms with van der Waals surface area (Å²) in [6.07, 6.45) is 3.97. The summed E-state index contributed by atoms with van der Waals surface area (Å²) < 4.78 is 0. The van der Waals surface area contributed by atoms with E-state index < -0.39 is 0 Å². The van der Waals surface area contributed by atoms with Crippen molar-refractivity contribution in [2.75, 3.05) is 11.9 Å². The molecule has 0 aliphatic carbocycles. The van der Waals surface area contributed by atoms with Crippen LogP contribution < -0.4 is 5.32 Å². The Hall–Kier alpha value is -3.23. The number of nitriles is 1. The van der Waals surface area contributed by atoms with E-state index in [2.05, 4.69) is 34.6 Å². The molecule has 27 heavy (non-hydrogen) atoms. The molecule has 2 aromatic carbocycles. The van der Waals surface area contributed by atoms with Crippen molar-refractivity contribution in [3.05, 3.63) is 84.7 Å². The number of nitrogens with zero attached hydrogens (tertiary/aromatic N) is 3. The molecule has 0 spiro atoms. The molecule has 0 fully saturated rings. The summed E-state index contributed by atoms with van der Waals surface area (Å²) in [7, 11) is 0. The quantitative estimate of drug-likeness (QED) is 0.626. The van der Waals surface area contributed by atoms with Crippen molar-refractivity contribution in [3.63, 3.8) is 0 Å². The summed E-state index contributed by atoms with van der Waals surface area (Å²) in [5.41, 5.74) is 4.21. The highest BCUT2D eigenvalue weighted by atomic mass is 32.1. The third-order valence-corrected chi connectivity index (χ3v) is 4.49. The number of aromatic nitrogens is 1. The van der Waals surface area contributed by atoms with E-state index in [4.69, 9.17) is 17.5 Å². The van der Waals surface area contributed by atoms with E-state index in [1.165, 1.54) is 0 Å². The Morgan fingerprint density at radius 2 is 1.81 bits per heavy atom. The van der Waals surface area contributed by atoms with Crippen LogP contribution in [0.3, 0.4) is 0 Å². The average molecular weight is 372 g/mol. The minimum atomic E-state index is 0.405. The fourth-order valence-electron chi connectivity index (χ4n) is 2.81. The summed E-state index contributed by atoms with van der Waals surface area (Å²) in [5.74, 6) is 0. The van der Waals surface area contributed by atoms with E-state index in [-0.39, 0.29) is 0 Å². The molecule has 0 aliphatic rings. The van der Waals surface area contributed by atoms with E-state index >= 15 is 0 Å². The molecule has 1 aromatic heterocycles. The number of hydrogen-bond donors (Lipinski definition) is 1. The first kappa shape index (κ1) is 18.6. The first-order chi connectivity index (χ1) is 13.3. The number of benzene rings is 2. The molecule has 0 radical (unpaired) electrons. The summed E-state index contributed by atoms with van der Waals surface area (Å²) in [4.78, 5) is 6.16. The van der Waals surface area contributed by atoms with Crippen LogP contribution in [0, 0.1) is 11.3 Å². The lowest BCUT2D eigenvalue weighted by Crippen LogP contribution is -2.35. The SMILES string of the molecule is N#CCCN(Cc1cccnc1)C(=S)Nc1ccccc1-c1ccccc1. The van der Waals surface area contributed by atoms with Crippen LogP contribution in [0.2, 0.25) is 0 Å². The van der Waals surface area contributed by atoms with E-state index in [9.17, 15) is 0 Å². The van der Waals surface area contributed by atoms with Crippen molar-refractivity contribution in [3.8, 4) is 17.2 Å². The van der Waals surface area contributed by atoms with Gasteiger partial charge in [0.05, 0.1) is 12.5 Å². The van der Waals surface area contributed by atoms with Gasteiger partial charge in [-0.05, 0) is 35.5 Å². The Labute approximate surface area is 165 Å². The lowest BCUT2D eigenvalue weighted by molar-refractivity contribution is 0.427. The van der Waals surface area contributed by atoms with Crippen LogP contribution in [0.4, 0.5) is 5.69 Å². The monoisotopic (exact) mass is 372 g/mol. The van der Waals surface area contributed by atoms with Gasteiger partial charge in [0, 0.05) is 36.7 Å². The highest BCUT2D eigenvalue weighted by molar-refractivity contribution is 7.80. The van der Waals surface area contributed by atoms with E-state index in [0.717, 1.165) is 22.4 Å². The molecule has 1 N–H and O–H groups in total. The Bertz CT molecular complexity index is 920. The van der Waals surface area contributed by atoms with Crippen molar-refractivity contribution >= 4 is 23.0 Å². The molecule has 0 unspecified atom stereocenters. The van der Waals surface area contributed by atoms with E-state index in [1.807, 2.05) is 59.6 Å². The number of anilines is 1. The molecule has 3 aromatic rings. The molecule has 134 valence electrons. The van der Waals surface area contributed by atoms with Gasteiger partial charge in [-0.25, -0.2) is 0 Å². The van der Waals surface area contributed by atoms with Crippen LogP contribution in [-0.4, -0.2) is 21.5 Å². The normalized spacial score (nSPS) is 10.0. The molecule has 0 aliphatic heterocycles. The molecule has 0 saturated heterocycles. The van der Waals surface area contributed by atoms with Crippen LogP contribution in [0.1, 0.15) is 12.0 Å². The molecule has 3 rings (SSSR count). The second-order valence-electron chi connectivity index (χ2n) is 6.03. The number of nitrogens with one attached hydrogen (secondary N) is 1. The molecular weight excluding hydrogens is 352 g/mol. The van der Waals surface area contributed by atoms with Gasteiger partial charge in [0.15, 0.2) is 5.11 Å². The smallest absolute Gasteiger partial charge is 0.173 e. The predicted octanol–water partition coefficient (Wildman–Crippen LogP) is 4.86. The van der Waals surface area contributed by atoms with Crippen LogP contribution in [0.25, 0.3) is 11.1 Å². The number of rotatable bonds is 6. The van der Waals surface area contributed by atoms with Crippen molar-refractivity contribution in [2.45, 2.75) is 13.0 Å². The highest BCUT2D eigenvalue weighted by Gasteiger charge is 2.13. The number of thiocarbonyl (C=S) groups is 1. The van der Waals surface area contributed by atoms with E-state index in [0.29, 0.717) is 24.6 Å². The molecule has 5 heteroatoms. The molecule has 0 amide bonds. The first-order valence-electron chi connectivity index (χ1n) is 8.74. The van der Waals surface area contributed by atoms with Crippen molar-refractivity contribution < 1.29 is 0 Å². The van der Waals surface area contributed by atoms with Crippen LogP contribution in [-0.2, 0) is 6.54 Å². The van der Waals surface area contributed by atoms with Gasteiger partial charge in [0.1, 0.15) is 0 Å².